The smallest absolute Gasteiger partial charge is 0.168 e. The molecule has 2 aromatic carbocycles. The molecule has 0 atom stereocenters. The highest BCUT2D eigenvalue weighted by molar-refractivity contribution is 6.32. The van der Waals surface area contributed by atoms with Gasteiger partial charge in [0.1, 0.15) is 24.4 Å². The summed E-state index contributed by atoms with van der Waals surface area (Å²) in [6.07, 6.45) is 4.83. The van der Waals surface area contributed by atoms with E-state index in [9.17, 15) is 0 Å². The number of ether oxygens (including phenoxy) is 2. The van der Waals surface area contributed by atoms with E-state index in [0.717, 1.165) is 28.9 Å². The average Bonchev–Trinajstić information content (AvgIpc) is 3.25. The fourth-order valence-electron chi connectivity index (χ4n) is 3.08. The van der Waals surface area contributed by atoms with Gasteiger partial charge in [-0.3, -0.25) is 5.43 Å². The summed E-state index contributed by atoms with van der Waals surface area (Å²) in [5, 5.41) is 10.0. The summed E-state index contributed by atoms with van der Waals surface area (Å²) in [6.45, 7) is 1.38. The van der Waals surface area contributed by atoms with Crippen LogP contribution in [0.1, 0.15) is 5.56 Å². The van der Waals surface area contributed by atoms with E-state index in [4.69, 9.17) is 21.1 Å². The SMILES string of the molecule is COc1cccc(-n2ncc3c(N/N=C/c4ccc(OCCN(C)C)c(Cl)c4)ncnc32)c1. The number of methoxy groups -OCH3 is 1. The topological polar surface area (TPSA) is 89.7 Å². The van der Waals surface area contributed by atoms with Crippen LogP contribution in [0.15, 0.2) is 60.1 Å². The van der Waals surface area contributed by atoms with Crippen molar-refractivity contribution in [2.24, 2.45) is 5.10 Å². The lowest BCUT2D eigenvalue weighted by Gasteiger charge is -2.12. The molecule has 0 aliphatic carbocycles. The van der Waals surface area contributed by atoms with Gasteiger partial charge in [-0.2, -0.15) is 10.2 Å². The Balaban J connectivity index is 1.48. The molecule has 33 heavy (non-hydrogen) atoms. The van der Waals surface area contributed by atoms with Crippen LogP contribution in [0.4, 0.5) is 5.82 Å². The molecule has 1 N–H and O–H groups in total. The van der Waals surface area contributed by atoms with E-state index in [-0.39, 0.29) is 0 Å². The summed E-state index contributed by atoms with van der Waals surface area (Å²) >= 11 is 6.34. The van der Waals surface area contributed by atoms with Gasteiger partial charge in [0, 0.05) is 12.6 Å². The predicted molar refractivity (Wildman–Crippen MR) is 130 cm³/mol. The standard InChI is InChI=1S/C23H24ClN7O2/c1-30(2)9-10-33-21-8-7-16(11-20(21)24)13-27-29-22-19-14-28-31(23(19)26-15-25-22)17-5-4-6-18(12-17)32-3/h4-8,11-15H,9-10H2,1-3H3,(H,25,26,29)/b27-13+. The highest BCUT2D eigenvalue weighted by Crippen LogP contribution is 2.26. The Kier molecular flexibility index (Phi) is 7.01. The van der Waals surface area contributed by atoms with Crippen molar-refractivity contribution < 1.29 is 9.47 Å². The fourth-order valence-corrected chi connectivity index (χ4v) is 3.33. The number of hydrazone groups is 1. The first-order chi connectivity index (χ1) is 16.0. The number of rotatable bonds is 9. The van der Waals surface area contributed by atoms with Crippen molar-refractivity contribution in [3.63, 3.8) is 0 Å². The van der Waals surface area contributed by atoms with Gasteiger partial charge < -0.3 is 14.4 Å². The van der Waals surface area contributed by atoms with Crippen molar-refractivity contribution in [1.82, 2.24) is 24.6 Å². The highest BCUT2D eigenvalue weighted by Gasteiger charge is 2.11. The van der Waals surface area contributed by atoms with Crippen molar-refractivity contribution in [1.29, 1.82) is 0 Å². The monoisotopic (exact) mass is 465 g/mol. The van der Waals surface area contributed by atoms with Gasteiger partial charge in [-0.25, -0.2) is 14.6 Å². The number of likely N-dealkylation sites (N-methyl/N-ethyl adjacent to an activating group) is 1. The van der Waals surface area contributed by atoms with Gasteiger partial charge >= 0.3 is 0 Å². The fraction of sp³-hybridized carbons (Fsp3) is 0.217. The van der Waals surface area contributed by atoms with E-state index in [2.05, 4.69) is 25.6 Å². The Bertz CT molecular complexity index is 1270. The Morgan fingerprint density at radius 2 is 2.06 bits per heavy atom. The van der Waals surface area contributed by atoms with Gasteiger partial charge in [0.15, 0.2) is 11.5 Å². The summed E-state index contributed by atoms with van der Waals surface area (Å²) in [4.78, 5) is 10.7. The second-order valence-corrected chi connectivity index (χ2v) is 7.84. The quantitative estimate of drug-likeness (QED) is 0.296. The average molecular weight is 466 g/mol. The molecule has 0 aliphatic heterocycles. The molecule has 0 radical (unpaired) electrons. The molecule has 4 rings (SSSR count). The number of halogens is 1. The third kappa shape index (κ3) is 5.39. The molecule has 170 valence electrons. The number of anilines is 1. The molecular formula is C23H24ClN7O2. The van der Waals surface area contributed by atoms with Crippen LogP contribution in [0.3, 0.4) is 0 Å². The van der Waals surface area contributed by atoms with Crippen LogP contribution in [0, 0.1) is 0 Å². The Labute approximate surface area is 196 Å². The minimum atomic E-state index is 0.529. The summed E-state index contributed by atoms with van der Waals surface area (Å²) in [5.74, 6) is 1.92. The molecule has 0 fully saturated rings. The highest BCUT2D eigenvalue weighted by atomic mass is 35.5. The lowest BCUT2D eigenvalue weighted by atomic mass is 10.2. The molecule has 0 spiro atoms. The van der Waals surface area contributed by atoms with Crippen molar-refractivity contribution >= 4 is 34.7 Å². The molecule has 0 unspecified atom stereocenters. The first kappa shape index (κ1) is 22.5. The normalized spacial score (nSPS) is 11.4. The minimum absolute atomic E-state index is 0.529. The second-order valence-electron chi connectivity index (χ2n) is 7.43. The van der Waals surface area contributed by atoms with Crippen LogP contribution in [-0.4, -0.2) is 65.2 Å². The molecule has 0 amide bonds. The van der Waals surface area contributed by atoms with Gasteiger partial charge in [-0.1, -0.05) is 17.7 Å². The molecule has 9 nitrogen and oxygen atoms in total. The van der Waals surface area contributed by atoms with Gasteiger partial charge in [-0.05, 0) is 50.0 Å². The largest absolute Gasteiger partial charge is 0.497 e. The third-order valence-corrected chi connectivity index (χ3v) is 5.10. The van der Waals surface area contributed by atoms with E-state index in [1.807, 2.05) is 55.4 Å². The van der Waals surface area contributed by atoms with Crippen LogP contribution < -0.4 is 14.9 Å². The summed E-state index contributed by atoms with van der Waals surface area (Å²) < 4.78 is 12.7. The number of nitrogens with zero attached hydrogens (tertiary/aromatic N) is 6. The van der Waals surface area contributed by atoms with E-state index < -0.39 is 0 Å². The van der Waals surface area contributed by atoms with Crippen LogP contribution in [0.2, 0.25) is 5.02 Å². The summed E-state index contributed by atoms with van der Waals surface area (Å²) in [6, 6.07) is 13.1. The van der Waals surface area contributed by atoms with E-state index in [1.54, 1.807) is 30.3 Å². The molecule has 0 saturated carbocycles. The Morgan fingerprint density at radius 3 is 2.85 bits per heavy atom. The zero-order chi connectivity index (χ0) is 23.2. The van der Waals surface area contributed by atoms with E-state index in [0.29, 0.717) is 28.8 Å². The van der Waals surface area contributed by atoms with Crippen molar-refractivity contribution in [3.05, 3.63) is 65.6 Å². The number of aromatic nitrogens is 4. The van der Waals surface area contributed by atoms with Crippen LogP contribution in [0.25, 0.3) is 16.7 Å². The van der Waals surface area contributed by atoms with Crippen LogP contribution >= 0.6 is 11.6 Å². The van der Waals surface area contributed by atoms with Gasteiger partial charge in [0.05, 0.1) is 35.6 Å². The molecule has 0 saturated heterocycles. The number of hydrogen-bond donors (Lipinski definition) is 1. The van der Waals surface area contributed by atoms with Gasteiger partial charge in [0.2, 0.25) is 0 Å². The molecule has 2 aromatic heterocycles. The number of hydrogen-bond acceptors (Lipinski definition) is 8. The molecule has 2 heterocycles. The second kappa shape index (κ2) is 10.3. The molecule has 4 aromatic rings. The maximum Gasteiger partial charge on any atom is 0.168 e. The van der Waals surface area contributed by atoms with Gasteiger partial charge in [-0.15, -0.1) is 0 Å². The number of benzene rings is 2. The summed E-state index contributed by atoms with van der Waals surface area (Å²) in [7, 11) is 5.61. The first-order valence-corrected chi connectivity index (χ1v) is 10.6. The zero-order valence-corrected chi connectivity index (χ0v) is 19.3. The van der Waals surface area contributed by atoms with Crippen LogP contribution in [-0.2, 0) is 0 Å². The number of fused-ring (bicyclic) bond motifs is 1. The molecular weight excluding hydrogens is 442 g/mol. The number of nitrogens with one attached hydrogen (secondary N) is 1. The van der Waals surface area contributed by atoms with Crippen LogP contribution in [0.5, 0.6) is 11.5 Å². The van der Waals surface area contributed by atoms with Crippen molar-refractivity contribution in [2.45, 2.75) is 0 Å². The maximum absolute atomic E-state index is 6.34. The van der Waals surface area contributed by atoms with Crippen molar-refractivity contribution in [2.75, 3.05) is 39.8 Å². The maximum atomic E-state index is 6.34. The lowest BCUT2D eigenvalue weighted by Crippen LogP contribution is -2.19. The van der Waals surface area contributed by atoms with Gasteiger partial charge in [0.25, 0.3) is 0 Å². The zero-order valence-electron chi connectivity index (χ0n) is 18.6. The molecule has 0 aliphatic rings. The molecule has 10 heteroatoms. The Morgan fingerprint density at radius 1 is 1.18 bits per heavy atom. The van der Waals surface area contributed by atoms with E-state index in [1.165, 1.54) is 6.33 Å². The Hall–Kier alpha value is -3.69. The van der Waals surface area contributed by atoms with Crippen molar-refractivity contribution in [3.8, 4) is 17.2 Å². The lowest BCUT2D eigenvalue weighted by molar-refractivity contribution is 0.261. The summed E-state index contributed by atoms with van der Waals surface area (Å²) in [5.41, 5.74) is 5.27. The first-order valence-electron chi connectivity index (χ1n) is 10.2. The van der Waals surface area contributed by atoms with E-state index >= 15 is 0 Å². The molecule has 0 bridgehead atoms. The third-order valence-electron chi connectivity index (χ3n) is 4.80. The minimum Gasteiger partial charge on any atom is -0.497 e. The predicted octanol–water partition coefficient (Wildman–Crippen LogP) is 3.86.